The van der Waals surface area contributed by atoms with Crippen LogP contribution in [0.15, 0.2) is 36.9 Å². The number of piperazine rings is 1. The maximum atomic E-state index is 12.5. The zero-order chi connectivity index (χ0) is 16.7. The third-order valence-electron chi connectivity index (χ3n) is 4.17. The average Bonchev–Trinajstić information content (AvgIpc) is 2.60. The van der Waals surface area contributed by atoms with E-state index in [0.717, 1.165) is 31.7 Å². The molecule has 2 rings (SSSR count). The van der Waals surface area contributed by atoms with Crippen LogP contribution in [0.25, 0.3) is 0 Å². The number of hydrogen-bond donors (Lipinski definition) is 1. The van der Waals surface area contributed by atoms with Gasteiger partial charge in [0, 0.05) is 38.3 Å². The van der Waals surface area contributed by atoms with Gasteiger partial charge in [0.2, 0.25) is 0 Å². The highest BCUT2D eigenvalue weighted by Crippen LogP contribution is 2.14. The Morgan fingerprint density at radius 1 is 1.30 bits per heavy atom. The van der Waals surface area contributed by atoms with Crippen LogP contribution in [0.2, 0.25) is 0 Å². The van der Waals surface area contributed by atoms with Crippen molar-refractivity contribution in [3.05, 3.63) is 42.5 Å². The third kappa shape index (κ3) is 5.08. The van der Waals surface area contributed by atoms with Crippen LogP contribution in [0, 0.1) is 0 Å². The quantitative estimate of drug-likeness (QED) is 0.779. The molecule has 1 heterocycles. The first kappa shape index (κ1) is 17.5. The van der Waals surface area contributed by atoms with E-state index in [0.29, 0.717) is 25.2 Å². The van der Waals surface area contributed by atoms with Crippen LogP contribution in [0.1, 0.15) is 23.2 Å². The molecule has 1 aliphatic heterocycles. The second kappa shape index (κ2) is 8.70. The van der Waals surface area contributed by atoms with Gasteiger partial charge in [0.15, 0.2) is 0 Å². The summed E-state index contributed by atoms with van der Waals surface area (Å²) in [5.74, 6) is 0.805. The van der Waals surface area contributed by atoms with Crippen molar-refractivity contribution in [1.29, 1.82) is 0 Å². The molecule has 23 heavy (non-hydrogen) atoms. The molecule has 0 aromatic heterocycles. The minimum atomic E-state index is -0.322. The summed E-state index contributed by atoms with van der Waals surface area (Å²) in [5, 5.41) is 9.95. The van der Waals surface area contributed by atoms with Crippen molar-refractivity contribution in [3.8, 4) is 5.75 Å². The molecule has 1 atom stereocenters. The summed E-state index contributed by atoms with van der Waals surface area (Å²) < 4.78 is 5.11. The van der Waals surface area contributed by atoms with Gasteiger partial charge in [-0.25, -0.2) is 0 Å². The van der Waals surface area contributed by atoms with Gasteiger partial charge in [0.1, 0.15) is 5.75 Å². The average molecular weight is 318 g/mol. The fourth-order valence-corrected chi connectivity index (χ4v) is 2.75. The van der Waals surface area contributed by atoms with Crippen molar-refractivity contribution in [1.82, 2.24) is 9.80 Å². The Hall–Kier alpha value is -1.85. The van der Waals surface area contributed by atoms with Crippen molar-refractivity contribution in [2.45, 2.75) is 18.9 Å². The molecule has 0 saturated carbocycles. The van der Waals surface area contributed by atoms with Crippen LogP contribution in [-0.4, -0.2) is 66.8 Å². The zero-order valence-corrected chi connectivity index (χ0v) is 13.8. The number of hydrogen-bond acceptors (Lipinski definition) is 4. The molecule has 1 aromatic rings. The molecule has 1 aliphatic rings. The van der Waals surface area contributed by atoms with E-state index in [2.05, 4.69) is 11.5 Å². The van der Waals surface area contributed by atoms with Crippen molar-refractivity contribution >= 4 is 5.91 Å². The van der Waals surface area contributed by atoms with E-state index in [-0.39, 0.29) is 12.0 Å². The monoisotopic (exact) mass is 318 g/mol. The van der Waals surface area contributed by atoms with Gasteiger partial charge in [-0.3, -0.25) is 9.69 Å². The lowest BCUT2D eigenvalue weighted by Gasteiger charge is -2.35. The van der Waals surface area contributed by atoms with Crippen LogP contribution < -0.4 is 4.74 Å². The number of allylic oxidation sites excluding steroid dienone is 1. The lowest BCUT2D eigenvalue weighted by atomic mass is 10.1. The van der Waals surface area contributed by atoms with Gasteiger partial charge < -0.3 is 14.7 Å². The van der Waals surface area contributed by atoms with E-state index >= 15 is 0 Å². The molecule has 1 saturated heterocycles. The third-order valence-corrected chi connectivity index (χ3v) is 4.17. The molecule has 1 N–H and O–H groups in total. The Balaban J connectivity index is 1.81. The molecule has 0 spiro atoms. The first-order chi connectivity index (χ1) is 11.1. The van der Waals surface area contributed by atoms with Crippen molar-refractivity contribution < 1.29 is 14.6 Å². The molecule has 0 radical (unpaired) electrons. The van der Waals surface area contributed by atoms with Crippen LogP contribution in [0.4, 0.5) is 0 Å². The number of nitrogens with zero attached hydrogens (tertiary/aromatic N) is 2. The SMILES string of the molecule is C=CCCC(O)CN1CCN(C(=O)c2ccc(OC)cc2)CC1. The Kier molecular flexibility index (Phi) is 6.62. The van der Waals surface area contributed by atoms with E-state index < -0.39 is 0 Å². The number of β-amino-alcohol motifs (C(OH)–C–C–N with tert-alkyl or cyclic N) is 1. The summed E-state index contributed by atoms with van der Waals surface area (Å²) in [6.45, 7) is 7.32. The normalized spacial score (nSPS) is 16.9. The molecule has 1 fully saturated rings. The lowest BCUT2D eigenvalue weighted by Crippen LogP contribution is -2.50. The van der Waals surface area contributed by atoms with E-state index in [1.165, 1.54) is 0 Å². The Morgan fingerprint density at radius 3 is 2.52 bits per heavy atom. The number of methoxy groups -OCH3 is 1. The van der Waals surface area contributed by atoms with Gasteiger partial charge in [-0.15, -0.1) is 6.58 Å². The Labute approximate surface area is 138 Å². The van der Waals surface area contributed by atoms with Gasteiger partial charge in [-0.2, -0.15) is 0 Å². The number of ether oxygens (including phenoxy) is 1. The highest BCUT2D eigenvalue weighted by Gasteiger charge is 2.23. The summed E-state index contributed by atoms with van der Waals surface area (Å²) in [5.41, 5.74) is 0.685. The molecule has 126 valence electrons. The highest BCUT2D eigenvalue weighted by molar-refractivity contribution is 5.94. The summed E-state index contributed by atoms with van der Waals surface area (Å²) in [4.78, 5) is 16.6. The second-order valence-electron chi connectivity index (χ2n) is 5.84. The zero-order valence-electron chi connectivity index (χ0n) is 13.8. The van der Waals surface area contributed by atoms with Gasteiger partial charge in [0.25, 0.3) is 5.91 Å². The number of carbonyl (C=O) groups excluding carboxylic acids is 1. The number of benzene rings is 1. The maximum Gasteiger partial charge on any atom is 0.253 e. The number of carbonyl (C=O) groups is 1. The summed E-state index contributed by atoms with van der Waals surface area (Å²) >= 11 is 0. The van der Waals surface area contributed by atoms with Crippen LogP contribution in [-0.2, 0) is 0 Å². The van der Waals surface area contributed by atoms with Gasteiger partial charge >= 0.3 is 0 Å². The fourth-order valence-electron chi connectivity index (χ4n) is 2.75. The second-order valence-corrected chi connectivity index (χ2v) is 5.84. The van der Waals surface area contributed by atoms with Crippen LogP contribution in [0.5, 0.6) is 5.75 Å². The molecular formula is C18H26N2O3. The molecule has 0 aliphatic carbocycles. The number of aliphatic hydroxyl groups excluding tert-OH is 1. The first-order valence-electron chi connectivity index (χ1n) is 8.08. The summed E-state index contributed by atoms with van der Waals surface area (Å²) in [6, 6.07) is 7.21. The lowest BCUT2D eigenvalue weighted by molar-refractivity contribution is 0.0517. The standard InChI is InChI=1S/C18H26N2O3/c1-3-4-5-16(21)14-19-10-12-20(13-11-19)18(22)15-6-8-17(23-2)9-7-15/h3,6-9,16,21H,1,4-5,10-14H2,2H3. The van der Waals surface area contributed by atoms with Crippen LogP contribution in [0.3, 0.4) is 0 Å². The van der Waals surface area contributed by atoms with E-state index in [1.54, 1.807) is 31.4 Å². The van der Waals surface area contributed by atoms with E-state index in [4.69, 9.17) is 4.74 Å². The smallest absolute Gasteiger partial charge is 0.253 e. The predicted molar refractivity (Wildman–Crippen MR) is 90.8 cm³/mol. The Morgan fingerprint density at radius 2 is 1.96 bits per heavy atom. The highest BCUT2D eigenvalue weighted by atomic mass is 16.5. The molecule has 1 amide bonds. The molecule has 1 aromatic carbocycles. The number of aliphatic hydroxyl groups is 1. The summed E-state index contributed by atoms with van der Waals surface area (Å²) in [6.07, 6.45) is 3.08. The van der Waals surface area contributed by atoms with Crippen molar-refractivity contribution in [3.63, 3.8) is 0 Å². The van der Waals surface area contributed by atoms with Gasteiger partial charge in [0.05, 0.1) is 13.2 Å². The fraction of sp³-hybridized carbons (Fsp3) is 0.500. The predicted octanol–water partition coefficient (Wildman–Crippen LogP) is 1.78. The van der Waals surface area contributed by atoms with Gasteiger partial charge in [-0.05, 0) is 37.1 Å². The topological polar surface area (TPSA) is 53.0 Å². The first-order valence-corrected chi connectivity index (χ1v) is 8.08. The minimum absolute atomic E-state index is 0.0551. The maximum absolute atomic E-state index is 12.5. The van der Waals surface area contributed by atoms with Crippen molar-refractivity contribution in [2.75, 3.05) is 39.8 Å². The Bertz CT molecular complexity index is 508. The van der Waals surface area contributed by atoms with Crippen LogP contribution >= 0.6 is 0 Å². The number of amides is 1. The molecular weight excluding hydrogens is 292 g/mol. The molecule has 5 heteroatoms. The molecule has 0 bridgehead atoms. The molecule has 5 nitrogen and oxygen atoms in total. The minimum Gasteiger partial charge on any atom is -0.497 e. The van der Waals surface area contributed by atoms with Gasteiger partial charge in [-0.1, -0.05) is 6.08 Å². The van der Waals surface area contributed by atoms with E-state index in [1.807, 2.05) is 11.0 Å². The van der Waals surface area contributed by atoms with E-state index in [9.17, 15) is 9.90 Å². The largest absolute Gasteiger partial charge is 0.497 e. The molecule has 1 unspecified atom stereocenters. The van der Waals surface area contributed by atoms with Crippen molar-refractivity contribution in [2.24, 2.45) is 0 Å². The summed E-state index contributed by atoms with van der Waals surface area (Å²) in [7, 11) is 1.61. The number of rotatable bonds is 7.